The predicted molar refractivity (Wildman–Crippen MR) is 97.6 cm³/mol. The number of halogens is 2. The van der Waals surface area contributed by atoms with Gasteiger partial charge in [-0.3, -0.25) is 0 Å². The number of hydrogen-bond acceptors (Lipinski definition) is 5. The summed E-state index contributed by atoms with van der Waals surface area (Å²) < 4.78 is 49.8. The van der Waals surface area contributed by atoms with Gasteiger partial charge in [-0.1, -0.05) is 35.3 Å². The lowest BCUT2D eigenvalue weighted by atomic mass is 10.2. The highest BCUT2D eigenvalue weighted by Crippen LogP contribution is 2.26. The lowest BCUT2D eigenvalue weighted by Crippen LogP contribution is -2.40. The molecular weight excluding hydrogens is 407 g/mol. The number of benzene rings is 2. The molecule has 0 radical (unpaired) electrons. The number of aliphatic hydroxyl groups is 1. The van der Waals surface area contributed by atoms with Crippen LogP contribution < -0.4 is 0 Å². The van der Waals surface area contributed by atoms with Crippen LogP contribution >= 0.6 is 23.2 Å². The van der Waals surface area contributed by atoms with E-state index >= 15 is 0 Å². The van der Waals surface area contributed by atoms with Gasteiger partial charge in [-0.25, -0.2) is 16.8 Å². The zero-order valence-electron chi connectivity index (χ0n) is 13.2. The molecule has 2 aromatic carbocycles. The number of rotatable bonds is 6. The van der Waals surface area contributed by atoms with E-state index in [1.807, 2.05) is 0 Å². The van der Waals surface area contributed by atoms with E-state index in [1.165, 1.54) is 42.5 Å². The minimum absolute atomic E-state index is 0.0128. The number of hydrogen-bond donors (Lipinski definition) is 1. The van der Waals surface area contributed by atoms with Crippen molar-refractivity contribution >= 4 is 42.9 Å². The Hall–Kier alpha value is -1.12. The molecule has 0 aliphatic heterocycles. The second-order valence-corrected chi connectivity index (χ2v) is 10.7. The van der Waals surface area contributed by atoms with Gasteiger partial charge in [-0.05, 0) is 43.3 Å². The Morgan fingerprint density at radius 1 is 0.880 bits per heavy atom. The maximum absolute atomic E-state index is 12.5. The summed E-state index contributed by atoms with van der Waals surface area (Å²) in [5.41, 5.74) is -2.00. The van der Waals surface area contributed by atoms with Crippen molar-refractivity contribution in [3.05, 3.63) is 58.6 Å². The van der Waals surface area contributed by atoms with E-state index in [4.69, 9.17) is 23.2 Å². The quantitative estimate of drug-likeness (QED) is 0.772. The van der Waals surface area contributed by atoms with Crippen molar-refractivity contribution in [3.8, 4) is 0 Å². The third-order valence-corrected chi connectivity index (χ3v) is 8.06. The fraction of sp³-hybridized carbons (Fsp3) is 0.250. The first-order valence-corrected chi connectivity index (χ1v) is 11.2. The maximum Gasteiger partial charge on any atom is 0.182 e. The van der Waals surface area contributed by atoms with E-state index in [0.717, 1.165) is 6.92 Å². The fourth-order valence-corrected chi connectivity index (χ4v) is 6.47. The molecule has 0 aromatic heterocycles. The molecule has 2 aromatic rings. The number of sulfone groups is 2. The SMILES string of the molecule is CC(O)(CS(=O)(=O)c1ccc(Cl)cc1)CS(=O)(=O)c1ccccc1Cl. The van der Waals surface area contributed by atoms with Crippen LogP contribution in [-0.4, -0.2) is 39.0 Å². The van der Waals surface area contributed by atoms with Crippen LogP contribution in [0.3, 0.4) is 0 Å². The third-order valence-electron chi connectivity index (χ3n) is 3.35. The molecule has 0 saturated heterocycles. The van der Waals surface area contributed by atoms with E-state index in [0.29, 0.717) is 5.02 Å². The van der Waals surface area contributed by atoms with E-state index in [1.54, 1.807) is 6.07 Å². The first-order valence-electron chi connectivity index (χ1n) is 7.11. The highest BCUT2D eigenvalue weighted by Gasteiger charge is 2.35. The summed E-state index contributed by atoms with van der Waals surface area (Å²) in [5, 5.41) is 10.8. The molecule has 9 heteroatoms. The Kier molecular flexibility index (Phi) is 5.85. The molecule has 25 heavy (non-hydrogen) atoms. The zero-order chi connectivity index (χ0) is 18.9. The first kappa shape index (κ1) is 20.2. The molecule has 136 valence electrons. The minimum Gasteiger partial charge on any atom is -0.388 e. The lowest BCUT2D eigenvalue weighted by Gasteiger charge is -2.23. The maximum atomic E-state index is 12.5. The van der Waals surface area contributed by atoms with Crippen LogP contribution in [0.4, 0.5) is 0 Å². The highest BCUT2D eigenvalue weighted by molar-refractivity contribution is 7.92. The summed E-state index contributed by atoms with van der Waals surface area (Å²) in [6, 6.07) is 11.2. The van der Waals surface area contributed by atoms with Crippen LogP contribution in [-0.2, 0) is 19.7 Å². The molecule has 0 amide bonds. The average molecular weight is 423 g/mol. The average Bonchev–Trinajstić information content (AvgIpc) is 2.45. The van der Waals surface area contributed by atoms with Crippen molar-refractivity contribution in [2.75, 3.05) is 11.5 Å². The monoisotopic (exact) mass is 422 g/mol. The Morgan fingerprint density at radius 2 is 1.40 bits per heavy atom. The van der Waals surface area contributed by atoms with Crippen LogP contribution in [0.5, 0.6) is 0 Å². The lowest BCUT2D eigenvalue weighted by molar-refractivity contribution is 0.108. The van der Waals surface area contributed by atoms with Gasteiger partial charge in [0, 0.05) is 5.02 Å². The van der Waals surface area contributed by atoms with Crippen molar-refractivity contribution in [1.29, 1.82) is 0 Å². The van der Waals surface area contributed by atoms with Crippen LogP contribution in [0.15, 0.2) is 58.3 Å². The Morgan fingerprint density at radius 3 is 1.96 bits per heavy atom. The molecule has 0 aliphatic carbocycles. The largest absolute Gasteiger partial charge is 0.388 e. The summed E-state index contributed by atoms with van der Waals surface area (Å²) in [6.07, 6.45) is 0. The summed E-state index contributed by atoms with van der Waals surface area (Å²) >= 11 is 11.6. The van der Waals surface area contributed by atoms with Gasteiger partial charge in [0.1, 0.15) is 0 Å². The van der Waals surface area contributed by atoms with Crippen molar-refractivity contribution in [2.24, 2.45) is 0 Å². The summed E-state index contributed by atoms with van der Waals surface area (Å²) in [6.45, 7) is 1.16. The van der Waals surface area contributed by atoms with Crippen LogP contribution in [0.25, 0.3) is 0 Å². The molecule has 2 rings (SSSR count). The van der Waals surface area contributed by atoms with Gasteiger partial charge in [0.05, 0.1) is 31.9 Å². The molecule has 0 heterocycles. The van der Waals surface area contributed by atoms with E-state index in [-0.39, 0.29) is 14.8 Å². The third kappa shape index (κ3) is 5.18. The molecule has 0 saturated carbocycles. The van der Waals surface area contributed by atoms with Crippen LogP contribution in [0.2, 0.25) is 10.0 Å². The van der Waals surface area contributed by atoms with Gasteiger partial charge in [-0.15, -0.1) is 0 Å². The molecule has 0 fully saturated rings. The van der Waals surface area contributed by atoms with Gasteiger partial charge in [0.15, 0.2) is 19.7 Å². The van der Waals surface area contributed by atoms with Crippen molar-refractivity contribution in [3.63, 3.8) is 0 Å². The van der Waals surface area contributed by atoms with Crippen molar-refractivity contribution in [1.82, 2.24) is 0 Å². The van der Waals surface area contributed by atoms with Gasteiger partial charge < -0.3 is 5.11 Å². The molecule has 0 aliphatic rings. The second kappa shape index (κ2) is 7.25. The van der Waals surface area contributed by atoms with Crippen molar-refractivity contribution < 1.29 is 21.9 Å². The summed E-state index contributed by atoms with van der Waals surface area (Å²) in [4.78, 5) is -0.201. The zero-order valence-corrected chi connectivity index (χ0v) is 16.3. The molecular formula is C16H16Cl2O5S2. The van der Waals surface area contributed by atoms with Gasteiger partial charge >= 0.3 is 0 Å². The molecule has 5 nitrogen and oxygen atoms in total. The van der Waals surface area contributed by atoms with E-state index < -0.39 is 36.8 Å². The van der Waals surface area contributed by atoms with Crippen LogP contribution in [0.1, 0.15) is 6.92 Å². The fourth-order valence-electron chi connectivity index (χ4n) is 2.36. The Balaban J connectivity index is 2.27. The minimum atomic E-state index is -3.98. The Labute approximate surface area is 157 Å². The molecule has 1 atom stereocenters. The summed E-state index contributed by atoms with van der Waals surface area (Å²) in [5.74, 6) is -1.54. The van der Waals surface area contributed by atoms with Gasteiger partial charge in [0.25, 0.3) is 0 Å². The van der Waals surface area contributed by atoms with Crippen LogP contribution in [0, 0.1) is 0 Å². The van der Waals surface area contributed by atoms with E-state index in [9.17, 15) is 21.9 Å². The van der Waals surface area contributed by atoms with Gasteiger partial charge in [0.2, 0.25) is 0 Å². The standard InChI is InChI=1S/C16H16Cl2O5S2/c1-16(19,10-24(20,21)13-8-6-12(17)7-9-13)11-25(22,23)15-5-3-2-4-14(15)18/h2-9,19H,10-11H2,1H3. The van der Waals surface area contributed by atoms with Gasteiger partial charge in [-0.2, -0.15) is 0 Å². The molecule has 1 unspecified atom stereocenters. The normalized spacial score (nSPS) is 14.9. The molecule has 0 bridgehead atoms. The molecule has 1 N–H and O–H groups in total. The topological polar surface area (TPSA) is 88.5 Å². The van der Waals surface area contributed by atoms with Crippen molar-refractivity contribution in [2.45, 2.75) is 22.3 Å². The second-order valence-electron chi connectivity index (χ2n) is 5.90. The summed E-state index contributed by atoms with van der Waals surface area (Å²) in [7, 11) is -7.88. The first-order chi connectivity index (χ1) is 11.4. The predicted octanol–water partition coefficient (Wildman–Crippen LogP) is 2.99. The highest BCUT2D eigenvalue weighted by atomic mass is 35.5. The Bertz CT molecular complexity index is 966. The smallest absolute Gasteiger partial charge is 0.182 e. The van der Waals surface area contributed by atoms with E-state index in [2.05, 4.69) is 0 Å². The molecule has 0 spiro atoms.